The van der Waals surface area contributed by atoms with Gasteiger partial charge in [0.1, 0.15) is 5.69 Å². The van der Waals surface area contributed by atoms with Crippen LogP contribution < -0.4 is 0 Å². The molecule has 0 spiro atoms. The second kappa shape index (κ2) is 4.92. The zero-order valence-corrected chi connectivity index (χ0v) is 7.24. The molecule has 0 bridgehead atoms. The van der Waals surface area contributed by atoms with Crippen LogP contribution in [0.15, 0.2) is 6.33 Å². The maximum atomic E-state index is 10.0. The van der Waals surface area contributed by atoms with Gasteiger partial charge in [-0.3, -0.25) is 0 Å². The molecule has 0 atom stereocenters. The number of nitrogens with one attached hydrogen (secondary N) is 1. The predicted molar refractivity (Wildman–Crippen MR) is 44.5 cm³/mol. The zero-order valence-electron chi connectivity index (χ0n) is 5.60. The van der Waals surface area contributed by atoms with Crippen molar-refractivity contribution in [1.82, 2.24) is 9.97 Å². The largest absolute Gasteiger partial charge is 0.358 e. The molecule has 0 fully saturated rings. The van der Waals surface area contributed by atoms with Crippen LogP contribution in [0.2, 0.25) is 0 Å². The van der Waals surface area contributed by atoms with E-state index in [1.807, 2.05) is 0 Å². The van der Waals surface area contributed by atoms with E-state index in [1.54, 1.807) is 6.92 Å². The molecule has 0 aromatic carbocycles. The number of hydrogen-bond donors (Lipinski definition) is 1. The Morgan fingerprint density at radius 2 is 2.18 bits per heavy atom. The summed E-state index contributed by atoms with van der Waals surface area (Å²) in [5, 5.41) is 10.0. The second-order valence-corrected chi connectivity index (χ2v) is 1.59. The van der Waals surface area contributed by atoms with Crippen molar-refractivity contribution in [2.75, 3.05) is 0 Å². The smallest absolute Gasteiger partial charge is 0.343 e. The van der Waals surface area contributed by atoms with Crippen molar-refractivity contribution < 1.29 is 4.92 Å². The lowest BCUT2D eigenvalue weighted by Gasteiger charge is -1.87. The van der Waals surface area contributed by atoms with E-state index >= 15 is 0 Å². The molecule has 5 nitrogen and oxygen atoms in total. The molecule has 0 aliphatic rings. The number of nitro groups is 1. The molecule has 11 heavy (non-hydrogen) atoms. The van der Waals surface area contributed by atoms with E-state index in [-0.39, 0.29) is 30.6 Å². The lowest BCUT2D eigenvalue weighted by atomic mass is 10.5. The van der Waals surface area contributed by atoms with E-state index in [0.29, 0.717) is 5.69 Å². The molecule has 64 valence electrons. The Hall–Kier alpha value is -0.810. The van der Waals surface area contributed by atoms with Gasteiger partial charge < -0.3 is 10.1 Å². The van der Waals surface area contributed by atoms with E-state index < -0.39 is 4.92 Å². The maximum Gasteiger partial charge on any atom is 0.343 e. The first-order chi connectivity index (χ1) is 4.22. The number of halogens is 2. The van der Waals surface area contributed by atoms with Gasteiger partial charge in [0.15, 0.2) is 6.33 Å². The number of aromatic nitrogens is 2. The molecule has 1 rings (SSSR count). The fourth-order valence-electron chi connectivity index (χ4n) is 0.541. The summed E-state index contributed by atoms with van der Waals surface area (Å²) in [6, 6.07) is 0. The molecule has 1 aromatic rings. The molecule has 0 unspecified atom stereocenters. The van der Waals surface area contributed by atoms with Crippen LogP contribution in [0.3, 0.4) is 0 Å². The fourth-order valence-corrected chi connectivity index (χ4v) is 0.541. The monoisotopic (exact) mass is 199 g/mol. The third-order valence-corrected chi connectivity index (χ3v) is 0.985. The average molecular weight is 200 g/mol. The highest BCUT2D eigenvalue weighted by Crippen LogP contribution is 2.08. The van der Waals surface area contributed by atoms with Crippen molar-refractivity contribution in [3.8, 4) is 0 Å². The molecule has 0 aliphatic heterocycles. The van der Waals surface area contributed by atoms with E-state index in [2.05, 4.69) is 9.97 Å². The minimum Gasteiger partial charge on any atom is -0.358 e. The van der Waals surface area contributed by atoms with Crippen LogP contribution >= 0.6 is 24.8 Å². The van der Waals surface area contributed by atoms with Gasteiger partial charge in [0.25, 0.3) is 0 Å². The molecule has 7 heteroatoms. The zero-order chi connectivity index (χ0) is 6.85. The maximum absolute atomic E-state index is 10.0. The third-order valence-electron chi connectivity index (χ3n) is 0.985. The van der Waals surface area contributed by atoms with Gasteiger partial charge in [-0.25, -0.2) is 9.97 Å². The average Bonchev–Trinajstić information content (AvgIpc) is 2.13. The van der Waals surface area contributed by atoms with E-state index in [9.17, 15) is 10.1 Å². The minimum absolute atomic E-state index is 0. The van der Waals surface area contributed by atoms with Gasteiger partial charge in [0.2, 0.25) is 0 Å². The standard InChI is InChI=1S/C4H5N3O2.2ClH/c1-3-4(7(8)9)6-2-5-3;;/h2H,1H3,(H,5,6);2*1H. The summed E-state index contributed by atoms with van der Waals surface area (Å²) >= 11 is 0. The van der Waals surface area contributed by atoms with Crippen molar-refractivity contribution in [2.45, 2.75) is 6.92 Å². The predicted octanol–water partition coefficient (Wildman–Crippen LogP) is 1.47. The topological polar surface area (TPSA) is 71.8 Å². The number of hydrogen-bond acceptors (Lipinski definition) is 3. The molecule has 0 saturated heterocycles. The number of H-pyrrole nitrogens is 1. The Morgan fingerprint density at radius 1 is 1.64 bits per heavy atom. The molecule has 0 radical (unpaired) electrons. The number of imidazole rings is 1. The van der Waals surface area contributed by atoms with Crippen molar-refractivity contribution in [3.05, 3.63) is 22.1 Å². The molecule has 1 N–H and O–H groups in total. The first kappa shape index (κ1) is 12.8. The summed E-state index contributed by atoms with van der Waals surface area (Å²) in [7, 11) is 0. The Labute approximate surface area is 75.2 Å². The SMILES string of the molecule is Cc1nc[nH]c1[N+](=O)[O-].Cl.Cl. The first-order valence-corrected chi connectivity index (χ1v) is 2.36. The van der Waals surface area contributed by atoms with Gasteiger partial charge in [-0.2, -0.15) is 0 Å². The minimum atomic E-state index is -0.498. The fraction of sp³-hybridized carbons (Fsp3) is 0.250. The highest BCUT2D eigenvalue weighted by atomic mass is 35.5. The van der Waals surface area contributed by atoms with Gasteiger partial charge >= 0.3 is 5.82 Å². The Balaban J connectivity index is 0. The van der Waals surface area contributed by atoms with Crippen LogP contribution in [0.5, 0.6) is 0 Å². The molecule has 0 saturated carbocycles. The van der Waals surface area contributed by atoms with Crippen LogP contribution in [-0.2, 0) is 0 Å². The van der Waals surface area contributed by atoms with E-state index in [0.717, 1.165) is 0 Å². The number of nitrogens with zero attached hydrogens (tertiary/aromatic N) is 2. The van der Waals surface area contributed by atoms with Gasteiger partial charge in [-0.05, 0) is 11.8 Å². The van der Waals surface area contributed by atoms with Crippen LogP contribution in [-0.4, -0.2) is 14.9 Å². The molecular formula is C4H7Cl2N3O2. The van der Waals surface area contributed by atoms with Crippen LogP contribution in [0.4, 0.5) is 5.82 Å². The van der Waals surface area contributed by atoms with Crippen molar-refractivity contribution in [2.24, 2.45) is 0 Å². The highest BCUT2D eigenvalue weighted by Gasteiger charge is 2.08. The van der Waals surface area contributed by atoms with E-state index in [1.165, 1.54) is 6.33 Å². The number of aryl methyl sites for hydroxylation is 1. The molecule has 1 aromatic heterocycles. The molecule has 0 aliphatic carbocycles. The van der Waals surface area contributed by atoms with Gasteiger partial charge in [0, 0.05) is 0 Å². The highest BCUT2D eigenvalue weighted by molar-refractivity contribution is 5.85. The Bertz CT molecular complexity index is 237. The summed E-state index contributed by atoms with van der Waals surface area (Å²) in [6.45, 7) is 1.58. The number of rotatable bonds is 1. The van der Waals surface area contributed by atoms with Crippen molar-refractivity contribution >= 4 is 30.6 Å². The van der Waals surface area contributed by atoms with Crippen LogP contribution in [0, 0.1) is 17.0 Å². The molecule has 0 amide bonds. The third kappa shape index (κ3) is 2.73. The summed E-state index contributed by atoms with van der Waals surface area (Å²) < 4.78 is 0. The molecule has 1 heterocycles. The molecular weight excluding hydrogens is 193 g/mol. The normalized spacial score (nSPS) is 7.73. The van der Waals surface area contributed by atoms with Crippen molar-refractivity contribution in [3.63, 3.8) is 0 Å². The lowest BCUT2D eigenvalue weighted by Crippen LogP contribution is -1.89. The Kier molecular flexibility index (Phi) is 5.74. The quantitative estimate of drug-likeness (QED) is 0.551. The Morgan fingerprint density at radius 3 is 2.36 bits per heavy atom. The van der Waals surface area contributed by atoms with Gasteiger partial charge in [-0.1, -0.05) is 0 Å². The first-order valence-electron chi connectivity index (χ1n) is 2.36. The summed E-state index contributed by atoms with van der Waals surface area (Å²) in [5.41, 5.74) is 0.417. The van der Waals surface area contributed by atoms with Gasteiger partial charge in [-0.15, -0.1) is 24.8 Å². The van der Waals surface area contributed by atoms with Crippen LogP contribution in [0.25, 0.3) is 0 Å². The summed E-state index contributed by atoms with van der Waals surface area (Å²) in [4.78, 5) is 15.6. The van der Waals surface area contributed by atoms with Crippen LogP contribution in [0.1, 0.15) is 5.69 Å². The van der Waals surface area contributed by atoms with E-state index in [4.69, 9.17) is 0 Å². The lowest BCUT2D eigenvalue weighted by molar-refractivity contribution is -0.389. The second-order valence-electron chi connectivity index (χ2n) is 1.59. The van der Waals surface area contributed by atoms with Gasteiger partial charge in [0.05, 0.1) is 0 Å². The van der Waals surface area contributed by atoms with Crippen molar-refractivity contribution in [1.29, 1.82) is 0 Å². The number of aromatic amines is 1. The summed E-state index contributed by atoms with van der Waals surface area (Å²) in [5.74, 6) is -0.0324. The summed E-state index contributed by atoms with van der Waals surface area (Å²) in [6.07, 6.45) is 1.30.